The van der Waals surface area contributed by atoms with Crippen molar-refractivity contribution >= 4 is 23.2 Å². The number of hydrogen-bond donors (Lipinski definition) is 1. The Morgan fingerprint density at radius 3 is 2.61 bits per heavy atom. The number of aromatic nitrogens is 1. The highest BCUT2D eigenvalue weighted by molar-refractivity contribution is 7.08. The molecule has 1 atom stereocenters. The molecule has 0 bridgehead atoms. The zero-order valence-electron chi connectivity index (χ0n) is 13.0. The van der Waals surface area contributed by atoms with Gasteiger partial charge in [-0.15, -0.1) is 0 Å². The molecule has 1 N–H and O–H groups in total. The lowest BCUT2D eigenvalue weighted by Gasteiger charge is -2.27. The van der Waals surface area contributed by atoms with Gasteiger partial charge in [0.05, 0.1) is 17.0 Å². The van der Waals surface area contributed by atoms with E-state index in [-0.39, 0.29) is 11.9 Å². The molecular weight excluding hydrogens is 312 g/mol. The summed E-state index contributed by atoms with van der Waals surface area (Å²) in [6.07, 6.45) is 1.73. The van der Waals surface area contributed by atoms with Gasteiger partial charge in [0.2, 0.25) is 0 Å². The van der Waals surface area contributed by atoms with Crippen LogP contribution < -0.4 is 0 Å². The maximum atomic E-state index is 12.8. The lowest BCUT2D eigenvalue weighted by molar-refractivity contribution is -0.141. The van der Waals surface area contributed by atoms with Crippen molar-refractivity contribution in [3.05, 3.63) is 40.2 Å². The first-order chi connectivity index (χ1) is 11.0. The third-order valence-corrected chi connectivity index (χ3v) is 4.77. The monoisotopic (exact) mass is 330 g/mol. The fourth-order valence-electron chi connectivity index (χ4n) is 2.63. The smallest absolute Gasteiger partial charge is 0.326 e. The minimum absolute atomic E-state index is 0.0320. The Morgan fingerprint density at radius 1 is 1.35 bits per heavy atom. The van der Waals surface area contributed by atoms with Crippen molar-refractivity contribution in [2.75, 3.05) is 0 Å². The minimum Gasteiger partial charge on any atom is -0.480 e. The van der Waals surface area contributed by atoms with Crippen LogP contribution in [0.2, 0.25) is 0 Å². The Hall–Kier alpha value is -2.21. The van der Waals surface area contributed by atoms with Crippen LogP contribution in [0.4, 0.5) is 0 Å². The van der Waals surface area contributed by atoms with Crippen molar-refractivity contribution in [2.45, 2.75) is 38.8 Å². The Balaban J connectivity index is 1.91. The van der Waals surface area contributed by atoms with E-state index in [9.17, 15) is 14.7 Å². The number of pyridine rings is 1. The molecule has 120 valence electrons. The summed E-state index contributed by atoms with van der Waals surface area (Å²) in [5, 5.41) is 13.2. The van der Waals surface area contributed by atoms with Crippen molar-refractivity contribution in [3.63, 3.8) is 0 Å². The summed E-state index contributed by atoms with van der Waals surface area (Å²) < 4.78 is 0. The molecule has 0 aliphatic heterocycles. The maximum Gasteiger partial charge on any atom is 0.326 e. The van der Waals surface area contributed by atoms with Gasteiger partial charge in [-0.3, -0.25) is 9.78 Å². The molecule has 0 radical (unpaired) electrons. The average molecular weight is 330 g/mol. The fraction of sp³-hybridized carbons (Fsp3) is 0.353. The van der Waals surface area contributed by atoms with Gasteiger partial charge in [0.25, 0.3) is 5.91 Å². The third kappa shape index (κ3) is 3.12. The maximum absolute atomic E-state index is 12.8. The summed E-state index contributed by atoms with van der Waals surface area (Å²) in [6.45, 7) is 3.35. The number of amides is 1. The highest BCUT2D eigenvalue weighted by Gasteiger charge is 2.39. The minimum atomic E-state index is -0.981. The van der Waals surface area contributed by atoms with Crippen LogP contribution in [0.15, 0.2) is 29.0 Å². The molecule has 5 nitrogen and oxygen atoms in total. The summed E-state index contributed by atoms with van der Waals surface area (Å²) in [7, 11) is 0. The van der Waals surface area contributed by atoms with Crippen molar-refractivity contribution in [3.8, 4) is 11.3 Å². The van der Waals surface area contributed by atoms with Crippen LogP contribution in [0.1, 0.15) is 35.8 Å². The van der Waals surface area contributed by atoms with Gasteiger partial charge in [0, 0.05) is 17.0 Å². The largest absolute Gasteiger partial charge is 0.480 e. The van der Waals surface area contributed by atoms with Crippen molar-refractivity contribution in [1.82, 2.24) is 9.88 Å². The van der Waals surface area contributed by atoms with E-state index in [1.165, 1.54) is 4.90 Å². The number of rotatable bonds is 5. The van der Waals surface area contributed by atoms with Crippen LogP contribution in [0.25, 0.3) is 11.3 Å². The van der Waals surface area contributed by atoms with Crippen LogP contribution in [-0.2, 0) is 4.79 Å². The van der Waals surface area contributed by atoms with Gasteiger partial charge in [-0.25, -0.2) is 4.79 Å². The number of carboxylic acids is 1. The van der Waals surface area contributed by atoms with Crippen LogP contribution in [0.5, 0.6) is 0 Å². The van der Waals surface area contributed by atoms with Gasteiger partial charge >= 0.3 is 5.97 Å². The second-order valence-corrected chi connectivity index (χ2v) is 6.58. The predicted molar refractivity (Wildman–Crippen MR) is 88.6 cm³/mol. The number of carbonyl (C=O) groups is 2. The van der Waals surface area contributed by atoms with E-state index in [1.54, 1.807) is 31.3 Å². The van der Waals surface area contributed by atoms with Crippen molar-refractivity contribution < 1.29 is 14.7 Å². The summed E-state index contributed by atoms with van der Waals surface area (Å²) in [5.74, 6) is -1.23. The van der Waals surface area contributed by atoms with Crippen LogP contribution in [-0.4, -0.2) is 39.0 Å². The molecule has 0 spiro atoms. The van der Waals surface area contributed by atoms with Gasteiger partial charge in [-0.1, -0.05) is 0 Å². The normalized spacial score (nSPS) is 15.2. The van der Waals surface area contributed by atoms with Crippen molar-refractivity contribution in [1.29, 1.82) is 0 Å². The summed E-state index contributed by atoms with van der Waals surface area (Å²) in [6, 6.07) is 4.76. The molecule has 1 aliphatic rings. The second kappa shape index (κ2) is 6.12. The zero-order chi connectivity index (χ0) is 16.6. The van der Waals surface area contributed by atoms with E-state index in [0.717, 1.165) is 24.1 Å². The second-order valence-electron chi connectivity index (χ2n) is 5.80. The number of hydrogen-bond acceptors (Lipinski definition) is 4. The van der Waals surface area contributed by atoms with E-state index in [4.69, 9.17) is 0 Å². The van der Waals surface area contributed by atoms with E-state index < -0.39 is 12.0 Å². The summed E-state index contributed by atoms with van der Waals surface area (Å²) in [5.41, 5.74) is 2.95. The summed E-state index contributed by atoms with van der Waals surface area (Å²) >= 11 is 1.59. The Labute approximate surface area is 138 Å². The average Bonchev–Trinajstić information content (AvgIpc) is 3.19. The molecular formula is C17H18N2O3S. The van der Waals surface area contributed by atoms with Gasteiger partial charge < -0.3 is 10.0 Å². The molecule has 1 unspecified atom stereocenters. The number of carbonyl (C=O) groups excluding carboxylic acids is 1. The number of nitrogens with zero attached hydrogens (tertiary/aromatic N) is 2. The number of carboxylic acid groups (broad SMARTS) is 1. The first-order valence-corrected chi connectivity index (χ1v) is 8.49. The first-order valence-electron chi connectivity index (χ1n) is 7.54. The Morgan fingerprint density at radius 2 is 2.09 bits per heavy atom. The molecule has 3 rings (SSSR count). The van der Waals surface area contributed by atoms with Gasteiger partial charge in [0.1, 0.15) is 6.04 Å². The molecule has 2 heterocycles. The van der Waals surface area contributed by atoms with E-state index in [0.29, 0.717) is 11.3 Å². The van der Waals surface area contributed by atoms with E-state index in [2.05, 4.69) is 4.98 Å². The van der Waals surface area contributed by atoms with Gasteiger partial charge in [-0.2, -0.15) is 11.3 Å². The topological polar surface area (TPSA) is 70.5 Å². The molecule has 1 fully saturated rings. The molecule has 0 saturated heterocycles. The molecule has 1 aliphatic carbocycles. The Kier molecular flexibility index (Phi) is 4.17. The number of aliphatic carboxylic acids is 1. The van der Waals surface area contributed by atoms with Crippen LogP contribution in [0, 0.1) is 6.92 Å². The molecule has 1 amide bonds. The quantitative estimate of drug-likeness (QED) is 0.914. The first kappa shape index (κ1) is 15.7. The third-order valence-electron chi connectivity index (χ3n) is 4.08. The van der Waals surface area contributed by atoms with Crippen LogP contribution >= 0.6 is 11.3 Å². The van der Waals surface area contributed by atoms with Crippen LogP contribution in [0.3, 0.4) is 0 Å². The number of thiophene rings is 1. The fourth-order valence-corrected chi connectivity index (χ4v) is 3.28. The standard InChI is InChI=1S/C17H18N2O3S/c1-10-14(5-6-15(18-10)12-7-8-23-9-12)16(20)19(13-3-4-13)11(2)17(21)22/h5-9,11,13H,3-4H2,1-2H3,(H,21,22). The predicted octanol–water partition coefficient (Wildman–Crippen LogP) is 3.20. The number of aryl methyl sites for hydroxylation is 1. The zero-order valence-corrected chi connectivity index (χ0v) is 13.8. The lowest BCUT2D eigenvalue weighted by Crippen LogP contribution is -2.45. The Bertz CT molecular complexity index is 738. The van der Waals surface area contributed by atoms with Gasteiger partial charge in [-0.05, 0) is 50.3 Å². The molecule has 0 aromatic carbocycles. The van der Waals surface area contributed by atoms with E-state index in [1.807, 2.05) is 22.9 Å². The van der Waals surface area contributed by atoms with Crippen molar-refractivity contribution in [2.24, 2.45) is 0 Å². The van der Waals surface area contributed by atoms with E-state index >= 15 is 0 Å². The molecule has 1 saturated carbocycles. The molecule has 6 heteroatoms. The SMILES string of the molecule is Cc1nc(-c2ccsc2)ccc1C(=O)N(C1CC1)C(C)C(=O)O. The molecule has 2 aromatic rings. The summed E-state index contributed by atoms with van der Waals surface area (Å²) in [4.78, 5) is 30.1. The molecule has 2 aromatic heterocycles. The highest BCUT2D eigenvalue weighted by atomic mass is 32.1. The van der Waals surface area contributed by atoms with Gasteiger partial charge in [0.15, 0.2) is 0 Å². The lowest BCUT2D eigenvalue weighted by atomic mass is 10.1. The molecule has 23 heavy (non-hydrogen) atoms. The highest BCUT2D eigenvalue weighted by Crippen LogP contribution is 2.31.